The van der Waals surface area contributed by atoms with Crippen LogP contribution in [0.25, 0.3) is 0 Å². The number of hydrogen-bond donors (Lipinski definition) is 1. The van der Waals surface area contributed by atoms with E-state index >= 15 is 0 Å². The fraction of sp³-hybridized carbons (Fsp3) is 0.588. The van der Waals surface area contributed by atoms with Gasteiger partial charge >= 0.3 is 5.97 Å². The van der Waals surface area contributed by atoms with Crippen molar-refractivity contribution in [2.45, 2.75) is 38.8 Å². The van der Waals surface area contributed by atoms with Gasteiger partial charge in [-0.25, -0.2) is 0 Å². The maximum atomic E-state index is 10.6. The minimum Gasteiger partial charge on any atom is -0.481 e. The minimum absolute atomic E-state index is 0.279. The summed E-state index contributed by atoms with van der Waals surface area (Å²) in [6, 6.07) is 11.2. The van der Waals surface area contributed by atoms with E-state index in [1.165, 1.54) is 5.56 Å². The second-order valence-electron chi connectivity index (χ2n) is 5.82. The third kappa shape index (κ3) is 5.14. The van der Waals surface area contributed by atoms with Crippen molar-refractivity contribution < 1.29 is 9.90 Å². The molecular formula is C17H26N2O2. The van der Waals surface area contributed by atoms with Gasteiger partial charge in [-0.15, -0.1) is 0 Å². The lowest BCUT2D eigenvalue weighted by Gasteiger charge is -2.41. The van der Waals surface area contributed by atoms with Crippen LogP contribution < -0.4 is 0 Å². The summed E-state index contributed by atoms with van der Waals surface area (Å²) >= 11 is 0. The summed E-state index contributed by atoms with van der Waals surface area (Å²) in [7, 11) is 0. The third-order valence-corrected chi connectivity index (χ3v) is 4.25. The van der Waals surface area contributed by atoms with Gasteiger partial charge in [-0.1, -0.05) is 37.3 Å². The lowest BCUT2D eigenvalue weighted by Crippen LogP contribution is -2.52. The molecule has 0 aliphatic carbocycles. The zero-order valence-electron chi connectivity index (χ0n) is 12.9. The molecule has 0 aromatic heterocycles. The Bertz CT molecular complexity index is 436. The van der Waals surface area contributed by atoms with Gasteiger partial charge in [-0.2, -0.15) is 0 Å². The molecule has 1 atom stereocenters. The van der Waals surface area contributed by atoms with Crippen LogP contribution in [0.4, 0.5) is 0 Å². The van der Waals surface area contributed by atoms with Crippen LogP contribution in [-0.4, -0.2) is 53.1 Å². The van der Waals surface area contributed by atoms with Crippen molar-refractivity contribution >= 4 is 5.97 Å². The Labute approximate surface area is 127 Å². The van der Waals surface area contributed by atoms with Gasteiger partial charge in [0.1, 0.15) is 0 Å². The molecule has 1 aromatic rings. The molecule has 0 saturated carbocycles. The van der Waals surface area contributed by atoms with Crippen molar-refractivity contribution in [3.8, 4) is 0 Å². The van der Waals surface area contributed by atoms with E-state index in [0.717, 1.165) is 45.6 Å². The van der Waals surface area contributed by atoms with E-state index in [2.05, 4.69) is 47.1 Å². The van der Waals surface area contributed by atoms with Gasteiger partial charge in [0, 0.05) is 38.6 Å². The first-order valence-corrected chi connectivity index (χ1v) is 7.91. The van der Waals surface area contributed by atoms with Gasteiger partial charge in [0.15, 0.2) is 0 Å². The number of nitrogens with zero attached hydrogens (tertiary/aromatic N) is 2. The number of aliphatic carboxylic acids is 1. The summed E-state index contributed by atoms with van der Waals surface area (Å²) in [5.74, 6) is -0.690. The highest BCUT2D eigenvalue weighted by atomic mass is 16.4. The van der Waals surface area contributed by atoms with E-state index in [1.807, 2.05) is 0 Å². The summed E-state index contributed by atoms with van der Waals surface area (Å²) in [5.41, 5.74) is 1.37. The van der Waals surface area contributed by atoms with Gasteiger partial charge in [0.25, 0.3) is 0 Å². The second kappa shape index (κ2) is 8.15. The maximum absolute atomic E-state index is 10.6. The van der Waals surface area contributed by atoms with E-state index in [-0.39, 0.29) is 6.42 Å². The maximum Gasteiger partial charge on any atom is 0.303 e. The quantitative estimate of drug-likeness (QED) is 0.838. The molecule has 2 rings (SSSR count). The van der Waals surface area contributed by atoms with Gasteiger partial charge < -0.3 is 10.0 Å². The SMILES string of the molecule is CCC1CN(CCCC(=O)O)CCN1Cc1ccccc1. The van der Waals surface area contributed by atoms with Crippen molar-refractivity contribution in [1.29, 1.82) is 0 Å². The molecule has 1 aliphatic rings. The van der Waals surface area contributed by atoms with Gasteiger partial charge in [0.05, 0.1) is 0 Å². The Kier molecular flexibility index (Phi) is 6.21. The smallest absolute Gasteiger partial charge is 0.303 e. The lowest BCUT2D eigenvalue weighted by molar-refractivity contribution is -0.137. The van der Waals surface area contributed by atoms with Gasteiger partial charge in [-0.3, -0.25) is 9.69 Å². The van der Waals surface area contributed by atoms with Crippen molar-refractivity contribution in [3.63, 3.8) is 0 Å². The topological polar surface area (TPSA) is 43.8 Å². The largest absolute Gasteiger partial charge is 0.481 e. The van der Waals surface area contributed by atoms with Crippen LogP contribution >= 0.6 is 0 Å². The van der Waals surface area contributed by atoms with Crippen LogP contribution in [0.2, 0.25) is 0 Å². The Hall–Kier alpha value is -1.39. The molecule has 0 spiro atoms. The normalized spacial score (nSPS) is 20.5. The molecule has 1 saturated heterocycles. The Morgan fingerprint density at radius 1 is 1.29 bits per heavy atom. The molecule has 1 N–H and O–H groups in total. The summed E-state index contributed by atoms with van der Waals surface area (Å²) in [6.07, 6.45) is 2.17. The Morgan fingerprint density at radius 3 is 2.71 bits per heavy atom. The first-order chi connectivity index (χ1) is 10.2. The van der Waals surface area contributed by atoms with Crippen molar-refractivity contribution in [1.82, 2.24) is 9.80 Å². The zero-order valence-corrected chi connectivity index (χ0v) is 12.9. The number of hydrogen-bond acceptors (Lipinski definition) is 3. The highest BCUT2D eigenvalue weighted by Gasteiger charge is 2.25. The number of benzene rings is 1. The second-order valence-corrected chi connectivity index (χ2v) is 5.82. The number of carboxylic acid groups (broad SMARTS) is 1. The number of piperazine rings is 1. The Balaban J connectivity index is 1.82. The molecule has 1 aromatic carbocycles. The monoisotopic (exact) mass is 290 g/mol. The van der Waals surface area contributed by atoms with Crippen LogP contribution in [0.15, 0.2) is 30.3 Å². The average Bonchev–Trinajstić information content (AvgIpc) is 2.49. The summed E-state index contributed by atoms with van der Waals surface area (Å²) in [6.45, 7) is 7.33. The fourth-order valence-electron chi connectivity index (χ4n) is 3.03. The van der Waals surface area contributed by atoms with Crippen LogP contribution in [0.1, 0.15) is 31.7 Å². The van der Waals surface area contributed by atoms with Crippen LogP contribution in [0, 0.1) is 0 Å². The average molecular weight is 290 g/mol. The molecular weight excluding hydrogens is 264 g/mol. The standard InChI is InChI=1S/C17H26N2O2/c1-2-16-14-18(10-6-9-17(20)21)11-12-19(16)13-15-7-4-3-5-8-15/h3-5,7-8,16H,2,6,9-14H2,1H3,(H,20,21). The van der Waals surface area contributed by atoms with E-state index in [9.17, 15) is 4.79 Å². The highest BCUT2D eigenvalue weighted by molar-refractivity contribution is 5.66. The third-order valence-electron chi connectivity index (χ3n) is 4.25. The highest BCUT2D eigenvalue weighted by Crippen LogP contribution is 2.16. The molecule has 21 heavy (non-hydrogen) atoms. The number of carbonyl (C=O) groups is 1. The van der Waals surface area contributed by atoms with E-state index < -0.39 is 5.97 Å². The molecule has 0 radical (unpaired) electrons. The summed E-state index contributed by atoms with van der Waals surface area (Å²) in [4.78, 5) is 15.6. The summed E-state index contributed by atoms with van der Waals surface area (Å²) < 4.78 is 0. The van der Waals surface area contributed by atoms with E-state index in [4.69, 9.17) is 5.11 Å². The fourth-order valence-corrected chi connectivity index (χ4v) is 3.03. The first kappa shape index (κ1) is 16.0. The Morgan fingerprint density at radius 2 is 2.05 bits per heavy atom. The van der Waals surface area contributed by atoms with E-state index in [0.29, 0.717) is 6.04 Å². The van der Waals surface area contributed by atoms with Gasteiger partial charge in [-0.05, 0) is 24.9 Å². The molecule has 1 fully saturated rings. The lowest BCUT2D eigenvalue weighted by atomic mass is 10.1. The molecule has 1 aliphatic heterocycles. The first-order valence-electron chi connectivity index (χ1n) is 7.91. The molecule has 0 amide bonds. The molecule has 116 valence electrons. The van der Waals surface area contributed by atoms with Crippen LogP contribution in [0.3, 0.4) is 0 Å². The summed E-state index contributed by atoms with van der Waals surface area (Å²) in [5, 5.41) is 8.72. The molecule has 1 unspecified atom stereocenters. The van der Waals surface area contributed by atoms with Crippen molar-refractivity contribution in [2.75, 3.05) is 26.2 Å². The van der Waals surface area contributed by atoms with Crippen LogP contribution in [-0.2, 0) is 11.3 Å². The van der Waals surface area contributed by atoms with E-state index in [1.54, 1.807) is 0 Å². The predicted molar refractivity (Wildman–Crippen MR) is 84.2 cm³/mol. The molecule has 1 heterocycles. The van der Waals surface area contributed by atoms with Gasteiger partial charge in [0.2, 0.25) is 0 Å². The van der Waals surface area contributed by atoms with Crippen molar-refractivity contribution in [2.24, 2.45) is 0 Å². The predicted octanol–water partition coefficient (Wildman–Crippen LogP) is 2.45. The zero-order chi connectivity index (χ0) is 15.1. The molecule has 4 heteroatoms. The minimum atomic E-state index is -0.690. The molecule has 4 nitrogen and oxygen atoms in total. The molecule has 0 bridgehead atoms. The van der Waals surface area contributed by atoms with Crippen LogP contribution in [0.5, 0.6) is 0 Å². The number of rotatable bonds is 7. The van der Waals surface area contributed by atoms with Crippen molar-refractivity contribution in [3.05, 3.63) is 35.9 Å². The number of carboxylic acids is 1.